The molecule has 0 spiro atoms. The Labute approximate surface area is 165 Å². The van der Waals surface area contributed by atoms with Crippen LogP contribution >= 0.6 is 0 Å². The predicted molar refractivity (Wildman–Crippen MR) is 95.1 cm³/mol. The van der Waals surface area contributed by atoms with E-state index in [4.69, 9.17) is 9.15 Å². The summed E-state index contributed by atoms with van der Waals surface area (Å²) in [6.45, 7) is 1.55. The molecule has 4 rings (SSSR count). The van der Waals surface area contributed by atoms with Crippen LogP contribution in [0.4, 0.5) is 23.7 Å². The lowest BCUT2D eigenvalue weighted by atomic mass is 10.2. The molecule has 0 aromatic carbocycles. The van der Waals surface area contributed by atoms with Crippen LogP contribution in [0.3, 0.4) is 0 Å². The van der Waals surface area contributed by atoms with Gasteiger partial charge in [-0.2, -0.15) is 18.2 Å². The average Bonchev–Trinajstić information content (AvgIpc) is 3.37. The third kappa shape index (κ3) is 3.92. The van der Waals surface area contributed by atoms with Crippen molar-refractivity contribution in [2.75, 3.05) is 5.32 Å². The largest absolute Gasteiger partial charge is 0.471 e. The van der Waals surface area contributed by atoms with E-state index in [0.717, 1.165) is 5.39 Å². The van der Waals surface area contributed by atoms with Gasteiger partial charge in [0.1, 0.15) is 17.9 Å². The molecule has 1 N–H and O–H groups in total. The maximum absolute atomic E-state index is 12.6. The number of pyridine rings is 2. The van der Waals surface area contributed by atoms with Crippen molar-refractivity contribution in [3.8, 4) is 11.5 Å². The van der Waals surface area contributed by atoms with E-state index >= 15 is 0 Å². The molecule has 1 amide bonds. The minimum atomic E-state index is -4.75. The Morgan fingerprint density at radius 3 is 2.83 bits per heavy atom. The van der Waals surface area contributed by atoms with E-state index in [1.165, 1.54) is 24.7 Å². The summed E-state index contributed by atoms with van der Waals surface area (Å²) in [7, 11) is 0. The molecule has 0 aliphatic heterocycles. The number of ether oxygens (including phenoxy) is 1. The Morgan fingerprint density at radius 1 is 1.27 bits per heavy atom. The van der Waals surface area contributed by atoms with E-state index in [1.807, 2.05) is 0 Å². The second-order valence-electron chi connectivity index (χ2n) is 6.14. The van der Waals surface area contributed by atoms with Crippen LogP contribution < -0.4 is 5.32 Å². The number of nitrogens with one attached hydrogen (secondary N) is 1. The Balaban J connectivity index is 1.43. The number of furan rings is 1. The van der Waals surface area contributed by atoms with Crippen molar-refractivity contribution in [3.63, 3.8) is 0 Å². The Hall–Kier alpha value is -3.96. The van der Waals surface area contributed by atoms with Gasteiger partial charge in [0.05, 0.1) is 23.7 Å². The summed E-state index contributed by atoms with van der Waals surface area (Å²) < 4.78 is 52.4. The predicted octanol–water partition coefficient (Wildman–Crippen LogP) is 4.35. The summed E-state index contributed by atoms with van der Waals surface area (Å²) in [5.74, 6) is -1.79. The number of anilines is 1. The number of hydrogen-bond donors (Lipinski definition) is 1. The lowest BCUT2D eigenvalue weighted by molar-refractivity contribution is -0.159. The second-order valence-corrected chi connectivity index (χ2v) is 6.14. The standard InChI is InChI=1S/C18H12F3N5O4/c1-9-4-12(15-25-16(30-26-15)18(19,20)21)23-7-13(9)24-17(27)29-8-11-6-22-5-10-2-3-28-14(10)11/h2-7H,8H2,1H3,(H,24,27). The van der Waals surface area contributed by atoms with Crippen LogP contribution in [0, 0.1) is 6.92 Å². The Kier molecular flexibility index (Phi) is 4.82. The summed E-state index contributed by atoms with van der Waals surface area (Å²) in [4.78, 5) is 23.4. The van der Waals surface area contributed by atoms with Crippen molar-refractivity contribution in [2.24, 2.45) is 0 Å². The van der Waals surface area contributed by atoms with E-state index in [0.29, 0.717) is 22.4 Å². The number of amides is 1. The van der Waals surface area contributed by atoms with E-state index in [-0.39, 0.29) is 18.1 Å². The molecule has 0 aliphatic rings. The first-order chi connectivity index (χ1) is 14.3. The van der Waals surface area contributed by atoms with Crippen molar-refractivity contribution < 1.29 is 31.6 Å². The summed E-state index contributed by atoms with van der Waals surface area (Å²) in [5, 5.41) is 6.56. The summed E-state index contributed by atoms with van der Waals surface area (Å²) in [6, 6.07) is 3.15. The summed E-state index contributed by atoms with van der Waals surface area (Å²) >= 11 is 0. The molecule has 0 saturated carbocycles. The van der Waals surface area contributed by atoms with Gasteiger partial charge in [-0.1, -0.05) is 5.16 Å². The molecule has 0 radical (unpaired) electrons. The highest BCUT2D eigenvalue weighted by atomic mass is 19.4. The first-order valence-electron chi connectivity index (χ1n) is 8.43. The molecule has 4 aromatic heterocycles. The first kappa shape index (κ1) is 19.4. The van der Waals surface area contributed by atoms with Crippen LogP contribution in [0.1, 0.15) is 17.0 Å². The summed E-state index contributed by atoms with van der Waals surface area (Å²) in [6.07, 6.45) is 0.413. The van der Waals surface area contributed by atoms with E-state index in [2.05, 4.69) is 29.9 Å². The number of aromatic nitrogens is 4. The zero-order valence-electron chi connectivity index (χ0n) is 15.2. The summed E-state index contributed by atoms with van der Waals surface area (Å²) in [5.41, 5.74) is 2.03. The van der Waals surface area contributed by atoms with Crippen molar-refractivity contribution in [1.82, 2.24) is 20.1 Å². The number of hydrogen-bond acceptors (Lipinski definition) is 8. The van der Waals surface area contributed by atoms with Crippen LogP contribution in [-0.2, 0) is 17.5 Å². The SMILES string of the molecule is Cc1cc(-c2noc(C(F)(F)F)n2)ncc1NC(=O)OCc1cncc2ccoc12. The molecule has 154 valence electrons. The van der Waals surface area contributed by atoms with Gasteiger partial charge in [-0.25, -0.2) is 4.79 Å². The lowest BCUT2D eigenvalue weighted by Gasteiger charge is -2.09. The molecule has 9 nitrogen and oxygen atoms in total. The quantitative estimate of drug-likeness (QED) is 0.519. The van der Waals surface area contributed by atoms with Crippen LogP contribution in [-0.4, -0.2) is 26.2 Å². The normalized spacial score (nSPS) is 11.6. The molecular formula is C18H12F3N5O4. The number of rotatable bonds is 4. The number of fused-ring (bicyclic) bond motifs is 1. The molecule has 0 fully saturated rings. The molecule has 0 saturated heterocycles. The van der Waals surface area contributed by atoms with Crippen LogP contribution in [0.2, 0.25) is 0 Å². The van der Waals surface area contributed by atoms with Gasteiger partial charge in [-0.05, 0) is 24.6 Å². The van der Waals surface area contributed by atoms with E-state index in [9.17, 15) is 18.0 Å². The van der Waals surface area contributed by atoms with Gasteiger partial charge in [0.15, 0.2) is 0 Å². The van der Waals surface area contributed by atoms with Gasteiger partial charge in [0.25, 0.3) is 0 Å². The number of carbonyl (C=O) groups is 1. The maximum atomic E-state index is 12.6. The van der Waals surface area contributed by atoms with Gasteiger partial charge >= 0.3 is 18.2 Å². The second kappa shape index (κ2) is 7.46. The number of aryl methyl sites for hydroxylation is 1. The van der Waals surface area contributed by atoms with Crippen LogP contribution in [0.5, 0.6) is 0 Å². The lowest BCUT2D eigenvalue weighted by Crippen LogP contribution is -2.14. The fourth-order valence-corrected chi connectivity index (χ4v) is 2.59. The highest BCUT2D eigenvalue weighted by Gasteiger charge is 2.38. The van der Waals surface area contributed by atoms with Gasteiger partial charge in [-0.15, -0.1) is 0 Å². The number of carbonyl (C=O) groups excluding carboxylic acids is 1. The molecule has 12 heteroatoms. The number of halogens is 3. The topological polar surface area (TPSA) is 116 Å². The third-order valence-electron chi connectivity index (χ3n) is 4.04. The van der Waals surface area contributed by atoms with Crippen LogP contribution in [0.25, 0.3) is 22.5 Å². The van der Waals surface area contributed by atoms with Crippen molar-refractivity contribution in [3.05, 3.63) is 54.0 Å². The van der Waals surface area contributed by atoms with Crippen molar-refractivity contribution in [2.45, 2.75) is 19.7 Å². The molecular weight excluding hydrogens is 407 g/mol. The molecule has 30 heavy (non-hydrogen) atoms. The average molecular weight is 419 g/mol. The third-order valence-corrected chi connectivity index (χ3v) is 4.04. The number of alkyl halides is 3. The number of nitrogens with zero attached hydrogens (tertiary/aromatic N) is 4. The van der Waals surface area contributed by atoms with Crippen molar-refractivity contribution in [1.29, 1.82) is 0 Å². The smallest absolute Gasteiger partial charge is 0.464 e. The Morgan fingerprint density at radius 2 is 2.10 bits per heavy atom. The van der Waals surface area contributed by atoms with Gasteiger partial charge in [-0.3, -0.25) is 15.3 Å². The zero-order chi connectivity index (χ0) is 21.3. The van der Waals surface area contributed by atoms with Crippen LogP contribution in [0.15, 0.2) is 45.9 Å². The molecule has 0 unspecified atom stereocenters. The van der Waals surface area contributed by atoms with Gasteiger partial charge < -0.3 is 13.7 Å². The first-order valence-corrected chi connectivity index (χ1v) is 8.43. The zero-order valence-corrected chi connectivity index (χ0v) is 15.2. The minimum absolute atomic E-state index is 0.0567. The highest BCUT2D eigenvalue weighted by Crippen LogP contribution is 2.29. The fraction of sp³-hybridized carbons (Fsp3) is 0.167. The molecule has 4 heterocycles. The van der Waals surface area contributed by atoms with Gasteiger partial charge in [0.2, 0.25) is 5.82 Å². The minimum Gasteiger partial charge on any atom is -0.464 e. The van der Waals surface area contributed by atoms with E-state index in [1.54, 1.807) is 19.2 Å². The maximum Gasteiger partial charge on any atom is 0.471 e. The van der Waals surface area contributed by atoms with Crippen molar-refractivity contribution >= 4 is 22.7 Å². The fourth-order valence-electron chi connectivity index (χ4n) is 2.59. The molecule has 0 bridgehead atoms. The Bertz CT molecular complexity index is 1220. The highest BCUT2D eigenvalue weighted by molar-refractivity contribution is 5.86. The van der Waals surface area contributed by atoms with Gasteiger partial charge in [0, 0.05) is 17.8 Å². The van der Waals surface area contributed by atoms with E-state index < -0.39 is 18.2 Å². The molecule has 0 aliphatic carbocycles. The molecule has 0 atom stereocenters. The monoisotopic (exact) mass is 419 g/mol. The molecule has 4 aromatic rings.